The predicted molar refractivity (Wildman–Crippen MR) is 25.0 cm³/mol. The Kier molecular flexibility index (Phi) is 1.24. The first-order valence-electron chi connectivity index (χ1n) is 2.10. The first-order chi connectivity index (χ1) is 3.43. The summed E-state index contributed by atoms with van der Waals surface area (Å²) in [5, 5.41) is 11.8. The van der Waals surface area contributed by atoms with Gasteiger partial charge in [0, 0.05) is 12.6 Å². The van der Waals surface area contributed by atoms with Gasteiger partial charge in [0.15, 0.2) is 0 Å². The average Bonchev–Trinajstić information content (AvgIpc) is 2.14. The molecule has 0 fully saturated rings. The summed E-state index contributed by atoms with van der Waals surface area (Å²) in [6, 6.07) is 0. The van der Waals surface area contributed by atoms with E-state index in [4.69, 9.17) is 5.21 Å². The highest BCUT2D eigenvalue weighted by atomic mass is 16.5. The van der Waals surface area contributed by atoms with Crippen molar-refractivity contribution in [3.05, 3.63) is 0 Å². The molecule has 1 aliphatic heterocycles. The van der Waals surface area contributed by atoms with Gasteiger partial charge in [-0.2, -0.15) is 10.6 Å². The lowest BCUT2D eigenvalue weighted by molar-refractivity contribution is 0.118. The molecule has 0 saturated carbocycles. The van der Waals surface area contributed by atoms with Gasteiger partial charge in [0.05, 0.1) is 0 Å². The highest BCUT2D eigenvalue weighted by molar-refractivity contribution is 5.59. The molecule has 4 heteroatoms. The van der Waals surface area contributed by atoms with Crippen molar-refractivity contribution in [3.63, 3.8) is 0 Å². The first kappa shape index (κ1) is 4.55. The molecule has 1 heterocycles. The van der Waals surface area contributed by atoms with Crippen molar-refractivity contribution in [2.24, 2.45) is 5.10 Å². The third-order valence-corrected chi connectivity index (χ3v) is 0.819. The van der Waals surface area contributed by atoms with E-state index >= 15 is 0 Å². The van der Waals surface area contributed by atoms with E-state index in [1.807, 2.05) is 5.48 Å². The second kappa shape index (κ2) is 1.90. The Morgan fingerprint density at radius 2 is 2.86 bits per heavy atom. The van der Waals surface area contributed by atoms with Gasteiger partial charge in [-0.15, -0.1) is 0 Å². The molecule has 0 aliphatic carbocycles. The van der Waals surface area contributed by atoms with Gasteiger partial charge in [-0.05, 0) is 0 Å². The van der Waals surface area contributed by atoms with Crippen LogP contribution in [-0.4, -0.2) is 17.6 Å². The van der Waals surface area contributed by atoms with E-state index in [-0.39, 0.29) is 6.17 Å². The van der Waals surface area contributed by atoms with E-state index < -0.39 is 0 Å². The van der Waals surface area contributed by atoms with Crippen LogP contribution in [0.5, 0.6) is 0 Å². The van der Waals surface area contributed by atoms with Crippen LogP contribution in [0.1, 0.15) is 6.42 Å². The number of hydrogen-bond acceptors (Lipinski definition) is 4. The lowest BCUT2D eigenvalue weighted by Gasteiger charge is -2.02. The van der Waals surface area contributed by atoms with Gasteiger partial charge < -0.3 is 5.21 Å². The van der Waals surface area contributed by atoms with Crippen LogP contribution in [0.2, 0.25) is 0 Å². The summed E-state index contributed by atoms with van der Waals surface area (Å²) in [4.78, 5) is 0. The van der Waals surface area contributed by atoms with Crippen LogP contribution in [0.4, 0.5) is 0 Å². The SMILES string of the molecule is ONC1CC=NN1. The Bertz CT molecular complexity index is 74.2. The molecule has 0 bridgehead atoms. The molecule has 0 saturated heterocycles. The lowest BCUT2D eigenvalue weighted by atomic mass is 10.4. The van der Waals surface area contributed by atoms with Gasteiger partial charge >= 0.3 is 0 Å². The van der Waals surface area contributed by atoms with Crippen molar-refractivity contribution in [3.8, 4) is 0 Å². The first-order valence-corrected chi connectivity index (χ1v) is 2.10. The number of hydroxylamine groups is 1. The minimum atomic E-state index is -0.0694. The summed E-state index contributed by atoms with van der Waals surface area (Å²) in [7, 11) is 0. The molecule has 0 aromatic carbocycles. The minimum Gasteiger partial charge on any atom is -0.315 e. The monoisotopic (exact) mass is 101 g/mol. The summed E-state index contributed by atoms with van der Waals surface area (Å²) in [6.07, 6.45) is 2.38. The molecular formula is C3H7N3O. The number of hydrazone groups is 1. The Hall–Kier alpha value is -0.610. The van der Waals surface area contributed by atoms with Gasteiger partial charge in [0.2, 0.25) is 0 Å². The number of nitrogens with one attached hydrogen (secondary N) is 2. The van der Waals surface area contributed by atoms with Crippen LogP contribution in [0, 0.1) is 0 Å². The van der Waals surface area contributed by atoms with Gasteiger partial charge in [-0.25, -0.2) is 0 Å². The molecule has 0 aromatic heterocycles. The van der Waals surface area contributed by atoms with Crippen LogP contribution >= 0.6 is 0 Å². The molecule has 1 rings (SSSR count). The van der Waals surface area contributed by atoms with Crippen LogP contribution in [0.25, 0.3) is 0 Å². The quantitative estimate of drug-likeness (QED) is 0.382. The zero-order chi connectivity index (χ0) is 5.11. The molecule has 1 aliphatic rings. The fourth-order valence-electron chi connectivity index (χ4n) is 0.435. The summed E-state index contributed by atoms with van der Waals surface area (Å²) < 4.78 is 0. The second-order valence-corrected chi connectivity index (χ2v) is 1.36. The molecule has 3 N–H and O–H groups in total. The third kappa shape index (κ3) is 0.880. The third-order valence-electron chi connectivity index (χ3n) is 0.819. The molecular weight excluding hydrogens is 94.1 g/mol. The predicted octanol–water partition coefficient (Wildman–Crippen LogP) is -0.730. The van der Waals surface area contributed by atoms with Crippen molar-refractivity contribution in [1.82, 2.24) is 10.9 Å². The van der Waals surface area contributed by atoms with Crippen molar-refractivity contribution in [2.75, 3.05) is 0 Å². The van der Waals surface area contributed by atoms with E-state index in [1.54, 1.807) is 6.21 Å². The Morgan fingerprint density at radius 1 is 2.00 bits per heavy atom. The minimum absolute atomic E-state index is 0.0694. The maximum atomic E-state index is 8.17. The van der Waals surface area contributed by atoms with Crippen molar-refractivity contribution >= 4 is 6.21 Å². The Morgan fingerprint density at radius 3 is 3.14 bits per heavy atom. The molecule has 0 aromatic rings. The van der Waals surface area contributed by atoms with Crippen molar-refractivity contribution < 1.29 is 5.21 Å². The number of rotatable bonds is 1. The van der Waals surface area contributed by atoms with Crippen LogP contribution in [-0.2, 0) is 0 Å². The van der Waals surface area contributed by atoms with Crippen molar-refractivity contribution in [1.29, 1.82) is 0 Å². The fraction of sp³-hybridized carbons (Fsp3) is 0.667. The Labute approximate surface area is 41.2 Å². The molecule has 4 nitrogen and oxygen atoms in total. The smallest absolute Gasteiger partial charge is 0.121 e. The summed E-state index contributed by atoms with van der Waals surface area (Å²) in [5.41, 5.74) is 4.64. The van der Waals surface area contributed by atoms with Gasteiger partial charge in [-0.3, -0.25) is 5.43 Å². The number of hydrogen-bond donors (Lipinski definition) is 3. The Balaban J connectivity index is 2.22. The maximum Gasteiger partial charge on any atom is 0.121 e. The van der Waals surface area contributed by atoms with Gasteiger partial charge in [-0.1, -0.05) is 0 Å². The molecule has 40 valence electrons. The van der Waals surface area contributed by atoms with E-state index in [2.05, 4.69) is 10.5 Å². The zero-order valence-electron chi connectivity index (χ0n) is 3.76. The standard InChI is InChI=1S/C3H7N3O/c7-6-3-1-2-4-5-3/h2-3,5-7H,1H2. The van der Waals surface area contributed by atoms with E-state index in [0.29, 0.717) is 0 Å². The maximum absolute atomic E-state index is 8.17. The van der Waals surface area contributed by atoms with Gasteiger partial charge in [0.1, 0.15) is 6.17 Å². The van der Waals surface area contributed by atoms with Crippen LogP contribution in [0.3, 0.4) is 0 Å². The van der Waals surface area contributed by atoms with Gasteiger partial charge in [0.25, 0.3) is 0 Å². The lowest BCUT2D eigenvalue weighted by Crippen LogP contribution is -2.33. The molecule has 0 amide bonds. The average molecular weight is 101 g/mol. The fourth-order valence-corrected chi connectivity index (χ4v) is 0.435. The molecule has 7 heavy (non-hydrogen) atoms. The van der Waals surface area contributed by atoms with E-state index in [0.717, 1.165) is 6.42 Å². The normalized spacial score (nSPS) is 27.9. The topological polar surface area (TPSA) is 56.6 Å². The van der Waals surface area contributed by atoms with Crippen LogP contribution < -0.4 is 10.9 Å². The summed E-state index contributed by atoms with van der Waals surface area (Å²) in [6.45, 7) is 0. The highest BCUT2D eigenvalue weighted by Gasteiger charge is 2.05. The largest absolute Gasteiger partial charge is 0.315 e. The molecule has 1 atom stereocenters. The van der Waals surface area contributed by atoms with Crippen molar-refractivity contribution in [2.45, 2.75) is 12.6 Å². The highest BCUT2D eigenvalue weighted by Crippen LogP contribution is 1.88. The second-order valence-electron chi connectivity index (χ2n) is 1.36. The summed E-state index contributed by atoms with van der Waals surface area (Å²) in [5.74, 6) is 0. The van der Waals surface area contributed by atoms with E-state index in [9.17, 15) is 0 Å². The zero-order valence-corrected chi connectivity index (χ0v) is 3.76. The van der Waals surface area contributed by atoms with Crippen LogP contribution in [0.15, 0.2) is 5.10 Å². The van der Waals surface area contributed by atoms with E-state index in [1.165, 1.54) is 0 Å². The number of nitrogens with zero attached hydrogens (tertiary/aromatic N) is 1. The summed E-state index contributed by atoms with van der Waals surface area (Å²) >= 11 is 0. The molecule has 0 spiro atoms. The molecule has 0 radical (unpaired) electrons. The molecule has 1 unspecified atom stereocenters.